The minimum absolute atomic E-state index is 0. The van der Waals surface area contributed by atoms with Gasteiger partial charge in [-0.05, 0) is 0 Å². The standard InChI is InChI=1S/3CHNO.3BrH/c3*2-1-3;;;/h3*3H;3*1H. The third-order valence-electron chi connectivity index (χ3n) is 0. The van der Waals surface area contributed by atoms with Crippen molar-refractivity contribution in [2.24, 2.45) is 0 Å². The Balaban J connectivity index is -0.00000001000. The number of halogens is 3. The molecule has 0 saturated heterocycles. The first-order chi connectivity index (χ1) is 4.24. The molecule has 0 bridgehead atoms. The average Bonchev–Trinajstić information content (AvgIpc) is 1.70. The number of hydrogen-bond donors (Lipinski definition) is 3. The molecule has 6 nitrogen and oxygen atoms in total. The molecule has 0 aliphatic rings. The molecule has 0 radical (unpaired) electrons. The van der Waals surface area contributed by atoms with Gasteiger partial charge in [-0.3, -0.25) is 0 Å². The Morgan fingerprint density at radius 3 is 0.583 bits per heavy atom. The summed E-state index contributed by atoms with van der Waals surface area (Å²) in [6, 6.07) is 0. The first-order valence-electron chi connectivity index (χ1n) is 1.34. The number of rotatable bonds is 0. The summed E-state index contributed by atoms with van der Waals surface area (Å²) in [5.41, 5.74) is 0. The Bertz CT molecular complexity index is 117. The topological polar surface area (TPSA) is 132 Å². The van der Waals surface area contributed by atoms with Crippen LogP contribution in [0.5, 0.6) is 0 Å². The van der Waals surface area contributed by atoms with Crippen LogP contribution in [-0.2, 0) is 0 Å². The van der Waals surface area contributed by atoms with E-state index in [4.69, 9.17) is 31.1 Å². The van der Waals surface area contributed by atoms with Crippen LogP contribution in [0.15, 0.2) is 0 Å². The lowest BCUT2D eigenvalue weighted by Gasteiger charge is -1.25. The van der Waals surface area contributed by atoms with E-state index < -0.39 is 0 Å². The highest BCUT2D eigenvalue weighted by atomic mass is 79.9. The fourth-order valence-corrected chi connectivity index (χ4v) is 0. The molecule has 0 heterocycles. The van der Waals surface area contributed by atoms with Gasteiger partial charge in [-0.2, -0.15) is 15.8 Å². The zero-order valence-electron chi connectivity index (χ0n) is 5.41. The van der Waals surface area contributed by atoms with E-state index in [1.807, 2.05) is 0 Å². The van der Waals surface area contributed by atoms with Gasteiger partial charge in [0.1, 0.15) is 0 Å². The fourth-order valence-electron chi connectivity index (χ4n) is 0. The third kappa shape index (κ3) is 1350. The summed E-state index contributed by atoms with van der Waals surface area (Å²) >= 11 is 0. The number of aliphatic hydroxyl groups excluding tert-OH is 3. The van der Waals surface area contributed by atoms with E-state index in [9.17, 15) is 0 Å². The van der Waals surface area contributed by atoms with E-state index in [1.54, 1.807) is 0 Å². The normalized spacial score (nSPS) is 1.75. The van der Waals surface area contributed by atoms with Gasteiger partial charge in [-0.1, -0.05) is 0 Å². The van der Waals surface area contributed by atoms with Crippen molar-refractivity contribution in [3.05, 3.63) is 0 Å². The van der Waals surface area contributed by atoms with E-state index in [0.29, 0.717) is 0 Å². The van der Waals surface area contributed by atoms with Crippen molar-refractivity contribution in [3.63, 3.8) is 0 Å². The molecule has 3 N–H and O–H groups in total. The molecule has 0 spiro atoms. The second-order valence-corrected chi connectivity index (χ2v) is 0.300. The van der Waals surface area contributed by atoms with Gasteiger partial charge in [0.2, 0.25) is 0 Å². The lowest BCUT2D eigenvalue weighted by Crippen LogP contribution is -1.27. The lowest BCUT2D eigenvalue weighted by molar-refractivity contribution is 0.502. The van der Waals surface area contributed by atoms with Crippen LogP contribution in [0, 0.1) is 34.6 Å². The van der Waals surface area contributed by atoms with Gasteiger partial charge in [-0.15, -0.1) is 50.9 Å². The van der Waals surface area contributed by atoms with Gasteiger partial charge < -0.3 is 15.3 Å². The summed E-state index contributed by atoms with van der Waals surface area (Å²) < 4.78 is 0. The number of nitriles is 3. The molecule has 0 aromatic rings. The molecule has 0 aliphatic carbocycles. The first kappa shape index (κ1) is 42.6. The molecular weight excluding hydrogens is 366 g/mol. The Morgan fingerprint density at radius 2 is 0.583 bits per heavy atom. The van der Waals surface area contributed by atoms with Gasteiger partial charge in [0.05, 0.1) is 0 Å². The van der Waals surface area contributed by atoms with Crippen LogP contribution >= 0.6 is 50.9 Å². The second-order valence-electron chi connectivity index (χ2n) is 0.300. The largest absolute Gasteiger partial charge is 0.443 e. The Labute approximate surface area is 101 Å². The van der Waals surface area contributed by atoms with Crippen LogP contribution in [0.25, 0.3) is 0 Å². The Kier molecular flexibility index (Phi) is 595. The molecule has 9 heteroatoms. The molecule has 0 atom stereocenters. The van der Waals surface area contributed by atoms with Crippen molar-refractivity contribution < 1.29 is 15.3 Å². The van der Waals surface area contributed by atoms with Crippen molar-refractivity contribution >= 4 is 50.9 Å². The monoisotopic (exact) mass is 369 g/mol. The number of aliphatic hydroxyl groups is 3. The highest BCUT2D eigenvalue weighted by Crippen LogP contribution is 1.07. The highest BCUT2D eigenvalue weighted by molar-refractivity contribution is 8.93. The molecule has 0 amide bonds. The summed E-state index contributed by atoms with van der Waals surface area (Å²) in [7, 11) is 0. The fraction of sp³-hybridized carbons (Fsp3) is 0. The first-order valence-corrected chi connectivity index (χ1v) is 1.34. The van der Waals surface area contributed by atoms with E-state index >= 15 is 0 Å². The zero-order valence-corrected chi connectivity index (χ0v) is 10.5. The van der Waals surface area contributed by atoms with Gasteiger partial charge in [0, 0.05) is 0 Å². The minimum Gasteiger partial charge on any atom is -0.443 e. The number of nitrogens with zero attached hydrogens (tertiary/aromatic N) is 3. The van der Waals surface area contributed by atoms with Gasteiger partial charge in [0.15, 0.2) is 0 Å². The maximum atomic E-state index is 6.88. The molecule has 72 valence electrons. The summed E-state index contributed by atoms with van der Waals surface area (Å²) in [6.45, 7) is 0. The lowest BCUT2D eigenvalue weighted by atomic mass is 11.6. The SMILES string of the molecule is Br.Br.Br.N#CO.N#CO.N#CO. The molecule has 0 saturated carbocycles. The molecule has 12 heavy (non-hydrogen) atoms. The van der Waals surface area contributed by atoms with Crippen LogP contribution < -0.4 is 0 Å². The summed E-state index contributed by atoms with van der Waals surface area (Å²) in [6.07, 6.45) is 2.25. The third-order valence-corrected chi connectivity index (χ3v) is 0. The summed E-state index contributed by atoms with van der Waals surface area (Å²) in [4.78, 5) is 0. The highest BCUT2D eigenvalue weighted by Gasteiger charge is 1.17. The predicted molar refractivity (Wildman–Crippen MR) is 53.6 cm³/mol. The predicted octanol–water partition coefficient (Wildman–Crippen LogP) is 1.25. The van der Waals surface area contributed by atoms with Crippen molar-refractivity contribution in [1.29, 1.82) is 15.8 Å². The van der Waals surface area contributed by atoms with Gasteiger partial charge in [-0.25, -0.2) is 0 Å². The van der Waals surface area contributed by atoms with Crippen LogP contribution in [0.4, 0.5) is 0 Å². The van der Waals surface area contributed by atoms with E-state index in [1.165, 1.54) is 0 Å². The molecule has 0 aliphatic heterocycles. The maximum absolute atomic E-state index is 6.88. The molecule has 0 rings (SSSR count). The number of hydrogen-bond acceptors (Lipinski definition) is 6. The summed E-state index contributed by atoms with van der Waals surface area (Å²) in [5.74, 6) is 0. The minimum atomic E-state index is 0. The van der Waals surface area contributed by atoms with Crippen molar-refractivity contribution in [1.82, 2.24) is 0 Å². The average molecular weight is 372 g/mol. The molecule has 0 unspecified atom stereocenters. The van der Waals surface area contributed by atoms with Crippen LogP contribution in [0.2, 0.25) is 0 Å². The smallest absolute Gasteiger partial charge is 0.283 e. The van der Waals surface area contributed by atoms with Gasteiger partial charge >= 0.3 is 0 Å². The second kappa shape index (κ2) is 167. The van der Waals surface area contributed by atoms with E-state index in [-0.39, 0.29) is 50.9 Å². The van der Waals surface area contributed by atoms with Crippen LogP contribution in [0.3, 0.4) is 0 Å². The quantitative estimate of drug-likeness (QED) is 0.549. The zero-order chi connectivity index (χ0) is 8.12. The van der Waals surface area contributed by atoms with Crippen molar-refractivity contribution in [2.45, 2.75) is 0 Å². The van der Waals surface area contributed by atoms with E-state index in [0.717, 1.165) is 18.8 Å². The Hall–Kier alpha value is -0.690. The molecule has 0 aromatic heterocycles. The van der Waals surface area contributed by atoms with E-state index in [2.05, 4.69) is 0 Å². The maximum Gasteiger partial charge on any atom is 0.283 e. The summed E-state index contributed by atoms with van der Waals surface area (Å²) in [5, 5.41) is 41.2. The van der Waals surface area contributed by atoms with Crippen molar-refractivity contribution in [2.75, 3.05) is 0 Å². The van der Waals surface area contributed by atoms with Crippen molar-refractivity contribution in [3.8, 4) is 18.8 Å². The molecule has 0 fully saturated rings. The van der Waals surface area contributed by atoms with Gasteiger partial charge in [0.25, 0.3) is 18.8 Å². The van der Waals surface area contributed by atoms with Crippen LogP contribution in [-0.4, -0.2) is 15.3 Å². The Morgan fingerprint density at radius 1 is 0.583 bits per heavy atom. The molecule has 0 aromatic carbocycles. The molecular formula is C3H6Br3N3O3. The van der Waals surface area contributed by atoms with Crippen LogP contribution in [0.1, 0.15) is 0 Å².